The molecule has 0 aromatic carbocycles. The number of hydrogen-bond acceptors (Lipinski definition) is 0. The van der Waals surface area contributed by atoms with Gasteiger partial charge in [-0.25, -0.2) is 0 Å². The molecule has 0 aliphatic heterocycles. The van der Waals surface area contributed by atoms with Gasteiger partial charge in [-0.05, 0) is 41.5 Å². The van der Waals surface area contributed by atoms with Gasteiger partial charge in [0.1, 0.15) is 0 Å². The lowest BCUT2D eigenvalue weighted by atomic mass is 10.4. The minimum absolute atomic E-state index is 0. The van der Waals surface area contributed by atoms with Gasteiger partial charge in [-0.15, -0.1) is 19.7 Å². The molecule has 13 heavy (non-hydrogen) atoms. The molecule has 0 bridgehead atoms. The molecular formula is C12H27Al. The minimum Gasteiger partial charge on any atom is -0.100 e. The van der Waals surface area contributed by atoms with Crippen molar-refractivity contribution in [2.24, 2.45) is 0 Å². The van der Waals surface area contributed by atoms with E-state index >= 15 is 0 Å². The summed E-state index contributed by atoms with van der Waals surface area (Å²) in [6, 6.07) is 0. The number of rotatable bonds is 0. The molecule has 78 valence electrons. The van der Waals surface area contributed by atoms with Gasteiger partial charge in [0.25, 0.3) is 0 Å². The van der Waals surface area contributed by atoms with E-state index in [4.69, 9.17) is 0 Å². The van der Waals surface area contributed by atoms with Crippen LogP contribution >= 0.6 is 0 Å². The van der Waals surface area contributed by atoms with Gasteiger partial charge in [0.05, 0.1) is 0 Å². The van der Waals surface area contributed by atoms with Crippen molar-refractivity contribution in [2.45, 2.75) is 41.5 Å². The van der Waals surface area contributed by atoms with Crippen LogP contribution in [0.25, 0.3) is 0 Å². The number of hydrogen-bond donors (Lipinski definition) is 0. The van der Waals surface area contributed by atoms with Gasteiger partial charge >= 0.3 is 0 Å². The van der Waals surface area contributed by atoms with Gasteiger partial charge in [-0.3, -0.25) is 0 Å². The van der Waals surface area contributed by atoms with E-state index < -0.39 is 0 Å². The second-order valence-electron chi connectivity index (χ2n) is 3.62. The van der Waals surface area contributed by atoms with Gasteiger partial charge < -0.3 is 0 Å². The molecule has 0 N–H and O–H groups in total. The van der Waals surface area contributed by atoms with Crippen molar-refractivity contribution < 1.29 is 0 Å². The maximum absolute atomic E-state index is 3.56. The van der Waals surface area contributed by atoms with E-state index in [0.29, 0.717) is 0 Å². The molecule has 0 nitrogen and oxygen atoms in total. The van der Waals surface area contributed by atoms with Crippen LogP contribution in [-0.4, -0.2) is 17.4 Å². The Morgan fingerprint density at radius 3 is 0.538 bits per heavy atom. The Kier molecular flexibility index (Phi) is 31.4. The number of allylic oxidation sites excluding steroid dienone is 3. The first-order chi connectivity index (χ1) is 5.20. The standard InChI is InChI=1S/3C4H8.Al.3H/c3*1-4(2)3;;;;/h3*1H2,2-3H3;;;;. The van der Waals surface area contributed by atoms with Gasteiger partial charge in [-0.1, -0.05) is 16.7 Å². The van der Waals surface area contributed by atoms with Crippen molar-refractivity contribution in [3.63, 3.8) is 0 Å². The van der Waals surface area contributed by atoms with E-state index in [-0.39, 0.29) is 17.4 Å². The van der Waals surface area contributed by atoms with Crippen molar-refractivity contribution in [3.8, 4) is 0 Å². The normalized spacial score (nSPS) is 6.00. The Bertz CT molecular complexity index is 103. The third-order valence-electron chi connectivity index (χ3n) is 0. The highest BCUT2D eigenvalue weighted by atomic mass is 27.0. The molecule has 0 saturated heterocycles. The largest absolute Gasteiger partial charge is 0.187 e. The summed E-state index contributed by atoms with van der Waals surface area (Å²) in [5, 5.41) is 0. The van der Waals surface area contributed by atoms with Crippen LogP contribution in [0.2, 0.25) is 0 Å². The third kappa shape index (κ3) is 18200. The van der Waals surface area contributed by atoms with Crippen LogP contribution in [0.1, 0.15) is 41.5 Å². The maximum atomic E-state index is 3.56. The van der Waals surface area contributed by atoms with E-state index in [9.17, 15) is 0 Å². The summed E-state index contributed by atoms with van der Waals surface area (Å²) in [5.41, 5.74) is 3.50. The van der Waals surface area contributed by atoms with E-state index in [2.05, 4.69) is 19.7 Å². The summed E-state index contributed by atoms with van der Waals surface area (Å²) >= 11 is 0. The van der Waals surface area contributed by atoms with Crippen molar-refractivity contribution in [3.05, 3.63) is 36.5 Å². The average molecular weight is 198 g/mol. The molecule has 0 aliphatic carbocycles. The van der Waals surface area contributed by atoms with Crippen LogP contribution in [0, 0.1) is 0 Å². The fraction of sp³-hybridized carbons (Fsp3) is 0.500. The second kappa shape index (κ2) is 17.7. The highest BCUT2D eigenvalue weighted by Gasteiger charge is 1.52. The third-order valence-corrected chi connectivity index (χ3v) is 0. The van der Waals surface area contributed by atoms with Crippen molar-refractivity contribution in [2.75, 3.05) is 0 Å². The summed E-state index contributed by atoms with van der Waals surface area (Å²) in [5.74, 6) is 0. The van der Waals surface area contributed by atoms with E-state index in [0.717, 1.165) is 0 Å². The Balaban J connectivity index is -0.0000000450. The minimum atomic E-state index is 0. The van der Waals surface area contributed by atoms with Gasteiger partial charge in [0, 0.05) is 0 Å². The zero-order valence-electron chi connectivity index (χ0n) is 9.62. The van der Waals surface area contributed by atoms with Crippen LogP contribution in [0.3, 0.4) is 0 Å². The Morgan fingerprint density at radius 2 is 0.538 bits per heavy atom. The maximum Gasteiger partial charge on any atom is 0.187 e. The second-order valence-corrected chi connectivity index (χ2v) is 3.62. The average Bonchev–Trinajstić information content (AvgIpc) is 1.54. The lowest BCUT2D eigenvalue weighted by Gasteiger charge is -1.65. The molecule has 0 spiro atoms. The zero-order valence-corrected chi connectivity index (χ0v) is 9.62. The summed E-state index contributed by atoms with van der Waals surface area (Å²) in [4.78, 5) is 0. The summed E-state index contributed by atoms with van der Waals surface area (Å²) < 4.78 is 0. The molecule has 0 unspecified atom stereocenters. The first kappa shape index (κ1) is 23.0. The Labute approximate surface area is 95.6 Å². The monoisotopic (exact) mass is 198 g/mol. The van der Waals surface area contributed by atoms with E-state index in [1.165, 1.54) is 16.7 Å². The lowest BCUT2D eigenvalue weighted by Crippen LogP contribution is -1.43. The van der Waals surface area contributed by atoms with E-state index in [1.54, 1.807) is 0 Å². The molecule has 0 saturated carbocycles. The lowest BCUT2D eigenvalue weighted by molar-refractivity contribution is 1.42. The Hall–Kier alpha value is -0.248. The summed E-state index contributed by atoms with van der Waals surface area (Å²) in [7, 11) is 0. The van der Waals surface area contributed by atoms with Crippen LogP contribution in [0.15, 0.2) is 36.5 Å². The topological polar surface area (TPSA) is 0 Å². The highest BCUT2D eigenvalue weighted by Crippen LogP contribution is 1.74. The molecule has 0 radical (unpaired) electrons. The summed E-state index contributed by atoms with van der Waals surface area (Å²) in [6.07, 6.45) is 0. The van der Waals surface area contributed by atoms with Gasteiger partial charge in [0.15, 0.2) is 17.4 Å². The van der Waals surface area contributed by atoms with Gasteiger partial charge in [-0.2, -0.15) is 0 Å². The van der Waals surface area contributed by atoms with Crippen LogP contribution < -0.4 is 0 Å². The summed E-state index contributed by atoms with van der Waals surface area (Å²) in [6.45, 7) is 22.5. The predicted molar refractivity (Wildman–Crippen MR) is 71.4 cm³/mol. The molecular weight excluding hydrogens is 171 g/mol. The molecule has 0 amide bonds. The molecule has 0 aliphatic rings. The van der Waals surface area contributed by atoms with Crippen molar-refractivity contribution in [1.82, 2.24) is 0 Å². The first-order valence-corrected chi connectivity index (χ1v) is 4.06. The molecule has 0 fully saturated rings. The van der Waals surface area contributed by atoms with Crippen molar-refractivity contribution in [1.29, 1.82) is 0 Å². The molecule has 1 heteroatoms. The molecule has 0 heterocycles. The van der Waals surface area contributed by atoms with Crippen LogP contribution in [0.4, 0.5) is 0 Å². The Morgan fingerprint density at radius 1 is 0.538 bits per heavy atom. The van der Waals surface area contributed by atoms with Crippen LogP contribution in [0.5, 0.6) is 0 Å². The molecule has 0 rings (SSSR count). The predicted octanol–water partition coefficient (Wildman–Crippen LogP) is 3.56. The SMILES string of the molecule is C=C(C)C.C=C(C)C.C=C(C)C.[AlH3]. The molecule has 0 atom stereocenters. The van der Waals surface area contributed by atoms with Gasteiger partial charge in [0.2, 0.25) is 0 Å². The fourth-order valence-electron chi connectivity index (χ4n) is 0. The fourth-order valence-corrected chi connectivity index (χ4v) is 0. The molecule has 0 aromatic heterocycles. The zero-order chi connectivity index (χ0) is 10.7. The first-order valence-electron chi connectivity index (χ1n) is 4.06. The highest BCUT2D eigenvalue weighted by molar-refractivity contribution is 5.75. The quantitative estimate of drug-likeness (QED) is 0.412. The smallest absolute Gasteiger partial charge is 0.100 e. The van der Waals surface area contributed by atoms with Crippen LogP contribution in [-0.2, 0) is 0 Å². The van der Waals surface area contributed by atoms with E-state index in [1.807, 2.05) is 41.5 Å². The molecule has 0 aromatic rings. The van der Waals surface area contributed by atoms with Crippen molar-refractivity contribution >= 4 is 17.4 Å².